The van der Waals surface area contributed by atoms with Crippen LogP contribution in [0.5, 0.6) is 0 Å². The number of anilines is 1. The lowest BCUT2D eigenvalue weighted by Gasteiger charge is -2.36. The number of hydrogen-bond donors (Lipinski definition) is 1. The van der Waals surface area contributed by atoms with Crippen molar-refractivity contribution in [2.75, 3.05) is 31.2 Å². The average Bonchev–Trinajstić information content (AvgIpc) is 2.96. The fourth-order valence-corrected chi connectivity index (χ4v) is 6.41. The average molecular weight is 347 g/mol. The first-order chi connectivity index (χ1) is 9.85. The Morgan fingerprint density at radius 1 is 1.43 bits per heavy atom. The van der Waals surface area contributed by atoms with Crippen molar-refractivity contribution in [3.63, 3.8) is 0 Å². The number of thioether (sulfide) groups is 1. The van der Waals surface area contributed by atoms with Gasteiger partial charge in [0.2, 0.25) is 0 Å². The summed E-state index contributed by atoms with van der Waals surface area (Å²) in [4.78, 5) is 5.03. The van der Waals surface area contributed by atoms with Gasteiger partial charge in [0.15, 0.2) is 15.8 Å². The summed E-state index contributed by atoms with van der Waals surface area (Å²) >= 11 is 3.24. The van der Waals surface area contributed by atoms with Crippen LogP contribution in [0.3, 0.4) is 0 Å². The van der Waals surface area contributed by atoms with Gasteiger partial charge in [-0.15, -0.1) is 11.3 Å². The summed E-state index contributed by atoms with van der Waals surface area (Å²) in [5, 5.41) is 4.98. The van der Waals surface area contributed by atoms with Crippen LogP contribution in [-0.2, 0) is 10.0 Å². The van der Waals surface area contributed by atoms with Crippen LogP contribution in [0.4, 0.5) is 5.82 Å². The largest absolute Gasteiger partial charge is 0.371 e. The third-order valence-electron chi connectivity index (χ3n) is 3.43. The van der Waals surface area contributed by atoms with E-state index in [9.17, 15) is 8.42 Å². The van der Waals surface area contributed by atoms with E-state index >= 15 is 0 Å². The van der Waals surface area contributed by atoms with Crippen LogP contribution in [-0.4, -0.2) is 52.7 Å². The summed E-state index contributed by atoms with van der Waals surface area (Å²) in [6.07, 6.45) is 1.75. The van der Waals surface area contributed by atoms with Crippen molar-refractivity contribution in [2.45, 2.75) is 23.6 Å². The summed E-state index contributed by atoms with van der Waals surface area (Å²) < 4.78 is 29.3. The number of sulfonamides is 1. The van der Waals surface area contributed by atoms with E-state index in [-0.39, 0.29) is 9.77 Å². The van der Waals surface area contributed by atoms with Gasteiger partial charge in [-0.05, 0) is 13.8 Å². The molecule has 21 heavy (non-hydrogen) atoms. The fraction of sp³-hybridized carbons (Fsp3) is 0.583. The molecule has 0 aromatic carbocycles. The number of hydrogen-bond acceptors (Lipinski definition) is 6. The molecule has 2 aromatic rings. The van der Waals surface area contributed by atoms with Crippen LogP contribution in [0.15, 0.2) is 16.6 Å². The maximum atomic E-state index is 13.0. The lowest BCUT2D eigenvalue weighted by Crippen LogP contribution is -2.46. The Hall–Kier alpha value is -0.770. The third-order valence-corrected chi connectivity index (χ3v) is 7.35. The first-order valence-corrected chi connectivity index (χ1v) is 9.93. The summed E-state index contributed by atoms with van der Waals surface area (Å²) in [7, 11) is -1.87. The normalized spacial score (nSPS) is 20.0. The zero-order valence-electron chi connectivity index (χ0n) is 12.2. The van der Waals surface area contributed by atoms with Gasteiger partial charge in [-0.1, -0.05) is 0 Å². The summed E-state index contributed by atoms with van der Waals surface area (Å²) in [5.41, 5.74) is 0. The van der Waals surface area contributed by atoms with E-state index in [2.05, 4.69) is 24.1 Å². The molecule has 1 fully saturated rings. The van der Waals surface area contributed by atoms with Gasteiger partial charge in [-0.2, -0.15) is 16.1 Å². The van der Waals surface area contributed by atoms with E-state index in [0.717, 1.165) is 5.75 Å². The Bertz CT molecular complexity index is 763. The minimum absolute atomic E-state index is 0.0659. The van der Waals surface area contributed by atoms with Gasteiger partial charge in [0, 0.05) is 42.2 Å². The first-order valence-electron chi connectivity index (χ1n) is 6.62. The number of fused-ring (bicyclic) bond motifs is 1. The number of nitrogens with one attached hydrogen (secondary N) is 1. The van der Waals surface area contributed by atoms with Crippen LogP contribution >= 0.6 is 23.1 Å². The molecule has 1 aliphatic heterocycles. The molecule has 3 rings (SSSR count). The number of nitrogens with zero attached hydrogens (tertiary/aromatic N) is 3. The highest BCUT2D eigenvalue weighted by Crippen LogP contribution is 2.34. The summed E-state index contributed by atoms with van der Waals surface area (Å²) in [6.45, 7) is 5.21. The molecule has 2 aromatic heterocycles. The number of thiazole rings is 1. The van der Waals surface area contributed by atoms with Gasteiger partial charge in [0.25, 0.3) is 10.0 Å². The molecular formula is C12H18N4O2S3. The minimum Gasteiger partial charge on any atom is -0.371 e. The summed E-state index contributed by atoms with van der Waals surface area (Å²) in [5.74, 6) is 1.23. The smallest absolute Gasteiger partial charge is 0.262 e. The standard InChI is InChI=1S/C12H18N4O2S3/c1-12(2)8-15(4-7-20-12)21(17,18)10-9(13-3)14-11-16(10)5-6-19-11/h5-6,13H,4,7-8H2,1-3H3. The summed E-state index contributed by atoms with van der Waals surface area (Å²) in [6, 6.07) is 0. The second-order valence-electron chi connectivity index (χ2n) is 5.52. The SMILES string of the molecule is CNc1nc2sccn2c1S(=O)(=O)N1CCSC(C)(C)C1. The lowest BCUT2D eigenvalue weighted by atomic mass is 10.2. The molecule has 3 heterocycles. The predicted octanol–water partition coefficient (Wildman–Crippen LogP) is 1.95. The molecule has 0 unspecified atom stereocenters. The molecule has 1 N–H and O–H groups in total. The molecule has 0 bridgehead atoms. The van der Waals surface area contributed by atoms with Crippen molar-refractivity contribution in [1.29, 1.82) is 0 Å². The molecule has 0 radical (unpaired) electrons. The van der Waals surface area contributed by atoms with Crippen LogP contribution < -0.4 is 5.32 Å². The molecule has 1 aliphatic rings. The highest BCUT2D eigenvalue weighted by Gasteiger charge is 2.37. The van der Waals surface area contributed by atoms with Gasteiger partial charge in [0.1, 0.15) is 0 Å². The maximum absolute atomic E-state index is 13.0. The highest BCUT2D eigenvalue weighted by atomic mass is 32.2. The molecule has 9 heteroatoms. The molecular weight excluding hydrogens is 328 g/mol. The molecule has 6 nitrogen and oxygen atoms in total. The Kier molecular flexibility index (Phi) is 3.71. The zero-order valence-corrected chi connectivity index (χ0v) is 14.6. The fourth-order valence-electron chi connectivity index (χ4n) is 2.47. The van der Waals surface area contributed by atoms with Gasteiger partial charge in [-0.3, -0.25) is 4.40 Å². The number of imidazole rings is 1. The van der Waals surface area contributed by atoms with Gasteiger partial charge in [0.05, 0.1) is 0 Å². The third kappa shape index (κ3) is 2.56. The van der Waals surface area contributed by atoms with E-state index < -0.39 is 10.0 Å². The molecule has 0 aliphatic carbocycles. The molecule has 0 atom stereocenters. The van der Waals surface area contributed by atoms with Crippen LogP contribution in [0.25, 0.3) is 4.96 Å². The van der Waals surface area contributed by atoms with E-state index in [0.29, 0.717) is 23.9 Å². The molecule has 0 saturated carbocycles. The van der Waals surface area contributed by atoms with Gasteiger partial charge >= 0.3 is 0 Å². The van der Waals surface area contributed by atoms with Crippen molar-refractivity contribution in [1.82, 2.24) is 13.7 Å². The molecule has 116 valence electrons. The Balaban J connectivity index is 2.09. The van der Waals surface area contributed by atoms with Crippen molar-refractivity contribution in [2.24, 2.45) is 0 Å². The Morgan fingerprint density at radius 3 is 2.86 bits per heavy atom. The van der Waals surface area contributed by atoms with Gasteiger partial charge in [-0.25, -0.2) is 13.4 Å². The quantitative estimate of drug-likeness (QED) is 0.920. The molecule has 1 saturated heterocycles. The monoisotopic (exact) mass is 346 g/mol. The first kappa shape index (κ1) is 15.1. The highest BCUT2D eigenvalue weighted by molar-refractivity contribution is 8.00. The van der Waals surface area contributed by atoms with E-state index in [1.54, 1.807) is 22.0 Å². The van der Waals surface area contributed by atoms with Crippen LogP contribution in [0, 0.1) is 0 Å². The van der Waals surface area contributed by atoms with Crippen molar-refractivity contribution < 1.29 is 8.42 Å². The van der Waals surface area contributed by atoms with Crippen LogP contribution in [0.2, 0.25) is 0 Å². The Morgan fingerprint density at radius 2 is 2.19 bits per heavy atom. The zero-order chi connectivity index (χ0) is 15.3. The number of rotatable bonds is 3. The second kappa shape index (κ2) is 5.15. The van der Waals surface area contributed by atoms with E-state index in [4.69, 9.17) is 0 Å². The van der Waals surface area contributed by atoms with E-state index in [1.165, 1.54) is 11.3 Å². The second-order valence-corrected chi connectivity index (χ2v) is 10.0. The van der Waals surface area contributed by atoms with Gasteiger partial charge < -0.3 is 5.32 Å². The van der Waals surface area contributed by atoms with Crippen molar-refractivity contribution in [3.05, 3.63) is 11.6 Å². The lowest BCUT2D eigenvalue weighted by molar-refractivity contribution is 0.386. The number of aromatic nitrogens is 2. The van der Waals surface area contributed by atoms with E-state index in [1.807, 2.05) is 17.1 Å². The molecule has 0 spiro atoms. The minimum atomic E-state index is -3.56. The topological polar surface area (TPSA) is 66.7 Å². The van der Waals surface area contributed by atoms with Crippen LogP contribution in [0.1, 0.15) is 13.8 Å². The molecule has 0 amide bonds. The predicted molar refractivity (Wildman–Crippen MR) is 87.9 cm³/mol. The van der Waals surface area contributed by atoms with Crippen molar-refractivity contribution in [3.8, 4) is 0 Å². The Labute approximate surface area is 132 Å². The maximum Gasteiger partial charge on any atom is 0.262 e. The van der Waals surface area contributed by atoms with Crippen molar-refractivity contribution >= 4 is 43.9 Å².